The van der Waals surface area contributed by atoms with Gasteiger partial charge in [-0.2, -0.15) is 0 Å². The third kappa shape index (κ3) is 3.41. The van der Waals surface area contributed by atoms with Crippen LogP contribution in [0, 0.1) is 6.92 Å². The van der Waals surface area contributed by atoms with E-state index in [4.69, 9.17) is 0 Å². The van der Waals surface area contributed by atoms with E-state index in [0.717, 1.165) is 6.42 Å². The van der Waals surface area contributed by atoms with E-state index in [-0.39, 0.29) is 40.6 Å². The number of benzene rings is 1. The van der Waals surface area contributed by atoms with Gasteiger partial charge in [-0.15, -0.1) is 6.58 Å². The second-order valence-corrected chi connectivity index (χ2v) is 2.42. The normalized spacial score (nSPS) is 8.45. The van der Waals surface area contributed by atoms with Crippen molar-refractivity contribution in [2.75, 3.05) is 0 Å². The summed E-state index contributed by atoms with van der Waals surface area (Å²) in [6.07, 6.45) is 2.91. The third-order valence-corrected chi connectivity index (χ3v) is 1.63. The Morgan fingerprint density at radius 2 is 2.09 bits per heavy atom. The van der Waals surface area contributed by atoms with E-state index in [1.165, 1.54) is 11.1 Å². The minimum absolute atomic E-state index is 0. The van der Waals surface area contributed by atoms with Gasteiger partial charge in [0.15, 0.2) is 0 Å². The molecule has 0 aliphatic carbocycles. The smallest absolute Gasteiger partial charge is 1.00 e. The molecule has 0 nitrogen and oxygen atoms in total. The molecule has 11 heavy (non-hydrogen) atoms. The maximum atomic E-state index is 3.70. The topological polar surface area (TPSA) is 0 Å². The van der Waals surface area contributed by atoms with Gasteiger partial charge >= 0.3 is 37.7 Å². The van der Waals surface area contributed by atoms with Crippen LogP contribution in [0.5, 0.6) is 0 Å². The molecule has 0 aliphatic heterocycles. The molecule has 1 aromatic carbocycles. The first-order valence-corrected chi connectivity index (χ1v) is 3.50. The Morgan fingerprint density at radius 3 is 2.64 bits per heavy atom. The first-order valence-electron chi connectivity index (χ1n) is 3.50. The monoisotopic (exact) mass is 174 g/mol. The molecule has 0 saturated carbocycles. The second kappa shape index (κ2) is 5.82. The molecule has 0 unspecified atom stereocenters. The molecule has 0 saturated heterocycles. The predicted molar refractivity (Wildman–Crippen MR) is 53.1 cm³/mol. The van der Waals surface area contributed by atoms with Crippen LogP contribution in [-0.4, -0.2) is 37.7 Å². The van der Waals surface area contributed by atoms with Gasteiger partial charge in [0.05, 0.1) is 0 Å². The molecule has 0 aliphatic rings. The van der Waals surface area contributed by atoms with Crippen molar-refractivity contribution in [2.24, 2.45) is 0 Å². The quantitative estimate of drug-likeness (QED) is 0.477. The zero-order valence-corrected chi connectivity index (χ0v) is 9.22. The first kappa shape index (κ1) is 11.2. The van der Waals surface area contributed by atoms with Crippen LogP contribution >= 0.6 is 0 Å². The molecule has 1 heteroatoms. The van der Waals surface area contributed by atoms with Crippen molar-refractivity contribution in [1.82, 2.24) is 0 Å². The molecule has 0 fully saturated rings. The van der Waals surface area contributed by atoms with Crippen LogP contribution in [0.2, 0.25) is 0 Å². The van der Waals surface area contributed by atoms with Crippen LogP contribution in [0.3, 0.4) is 0 Å². The number of aryl methyl sites for hydroxylation is 1. The summed E-state index contributed by atoms with van der Waals surface area (Å²) in [5, 5.41) is 0. The summed E-state index contributed by atoms with van der Waals surface area (Å²) in [6.45, 7) is 5.82. The Labute approximate surface area is 101 Å². The van der Waals surface area contributed by atoms with Crippen molar-refractivity contribution >= 4 is 37.7 Å². The van der Waals surface area contributed by atoms with Gasteiger partial charge in [0.2, 0.25) is 0 Å². The van der Waals surface area contributed by atoms with E-state index in [0.29, 0.717) is 0 Å². The molecule has 0 bridgehead atoms. The van der Waals surface area contributed by atoms with E-state index < -0.39 is 0 Å². The van der Waals surface area contributed by atoms with Crippen molar-refractivity contribution in [1.29, 1.82) is 0 Å². The summed E-state index contributed by atoms with van der Waals surface area (Å²) in [5.74, 6) is 0. The summed E-state index contributed by atoms with van der Waals surface area (Å²) in [4.78, 5) is 0. The molecule has 0 spiro atoms. The second-order valence-electron chi connectivity index (χ2n) is 2.42. The molecule has 0 N–H and O–H groups in total. The molecule has 0 heterocycles. The Kier molecular flexibility index (Phi) is 5.93. The van der Waals surface area contributed by atoms with E-state index in [1.54, 1.807) is 0 Å². The van der Waals surface area contributed by atoms with Crippen LogP contribution in [0.25, 0.3) is 0 Å². The van der Waals surface area contributed by atoms with E-state index in [2.05, 4.69) is 37.8 Å². The third-order valence-electron chi connectivity index (χ3n) is 1.63. The molecular weight excluding hydrogens is 160 g/mol. The van der Waals surface area contributed by atoms with Gasteiger partial charge in [-0.3, -0.25) is 0 Å². The van der Waals surface area contributed by atoms with Gasteiger partial charge in [0, 0.05) is 0 Å². The Hall–Kier alpha value is 0.220. The minimum Gasteiger partial charge on any atom is -1.00 e. The van der Waals surface area contributed by atoms with E-state index in [9.17, 15) is 0 Å². The van der Waals surface area contributed by atoms with Gasteiger partial charge < -0.3 is 2.85 Å². The van der Waals surface area contributed by atoms with E-state index >= 15 is 0 Å². The zero-order valence-electron chi connectivity index (χ0n) is 9.01. The molecule has 56 valence electrons. The number of allylic oxidation sites excluding steroid dienone is 1. The van der Waals surface area contributed by atoms with Crippen molar-refractivity contribution in [2.45, 2.75) is 13.3 Å². The van der Waals surface area contributed by atoms with Crippen molar-refractivity contribution in [3.63, 3.8) is 0 Å². The van der Waals surface area contributed by atoms with Crippen molar-refractivity contribution in [3.8, 4) is 0 Å². The van der Waals surface area contributed by atoms with Gasteiger partial charge in [-0.1, -0.05) is 30.3 Å². The first-order chi connectivity index (χ1) is 4.84. The van der Waals surface area contributed by atoms with Crippen molar-refractivity contribution in [3.05, 3.63) is 48.0 Å². The summed E-state index contributed by atoms with van der Waals surface area (Å²) in [7, 11) is 0. The standard InChI is InChI=1S/C10H12.Ca.2H/c1-3-6-10-8-5-4-7-9(10)2;;;/h3-5,7-8H,1,6H2,2H3;;;/q;+2;2*-1. The average Bonchev–Trinajstić information content (AvgIpc) is 1.94. The fourth-order valence-electron chi connectivity index (χ4n) is 0.995. The molecule has 1 aromatic rings. The largest absolute Gasteiger partial charge is 2.00 e. The predicted octanol–water partition coefficient (Wildman–Crippen LogP) is 2.57. The number of rotatable bonds is 2. The van der Waals surface area contributed by atoms with Gasteiger partial charge in [0.25, 0.3) is 0 Å². The molecule has 0 aromatic heterocycles. The fraction of sp³-hybridized carbons (Fsp3) is 0.200. The molecule has 0 atom stereocenters. The number of hydrogen-bond acceptors (Lipinski definition) is 0. The van der Waals surface area contributed by atoms with Crippen LogP contribution in [0.1, 0.15) is 14.0 Å². The SMILES string of the molecule is C=CCc1ccccc1C.[Ca+2].[H-].[H-]. The summed E-state index contributed by atoms with van der Waals surface area (Å²) in [6, 6.07) is 8.38. The Morgan fingerprint density at radius 1 is 1.45 bits per heavy atom. The Bertz CT molecular complexity index is 236. The summed E-state index contributed by atoms with van der Waals surface area (Å²) in [5.41, 5.74) is 2.72. The molecule has 0 amide bonds. The van der Waals surface area contributed by atoms with Crippen LogP contribution in [-0.2, 0) is 6.42 Å². The fourth-order valence-corrected chi connectivity index (χ4v) is 0.995. The molecule has 0 radical (unpaired) electrons. The van der Waals surface area contributed by atoms with Crippen molar-refractivity contribution < 1.29 is 2.85 Å². The minimum atomic E-state index is 0. The van der Waals surface area contributed by atoms with Gasteiger partial charge in [-0.25, -0.2) is 0 Å². The zero-order chi connectivity index (χ0) is 7.40. The molecular formula is C10H14Ca. The van der Waals surface area contributed by atoms with E-state index in [1.807, 2.05) is 6.08 Å². The maximum Gasteiger partial charge on any atom is 2.00 e. The Balaban J connectivity index is -0.000000333. The van der Waals surface area contributed by atoms with Crippen LogP contribution in [0.15, 0.2) is 36.9 Å². The van der Waals surface area contributed by atoms with Crippen LogP contribution < -0.4 is 0 Å². The molecule has 1 rings (SSSR count). The van der Waals surface area contributed by atoms with Gasteiger partial charge in [-0.05, 0) is 24.5 Å². The average molecular weight is 174 g/mol. The number of hydrogen-bond donors (Lipinski definition) is 0. The summed E-state index contributed by atoms with van der Waals surface area (Å²) < 4.78 is 0. The maximum absolute atomic E-state index is 3.70. The summed E-state index contributed by atoms with van der Waals surface area (Å²) >= 11 is 0. The van der Waals surface area contributed by atoms with Crippen LogP contribution in [0.4, 0.5) is 0 Å². The van der Waals surface area contributed by atoms with Gasteiger partial charge in [0.1, 0.15) is 0 Å².